The minimum atomic E-state index is -4.67. The summed E-state index contributed by atoms with van der Waals surface area (Å²) in [4.78, 5) is 32.8. The van der Waals surface area contributed by atoms with Crippen molar-refractivity contribution in [2.45, 2.75) is 18.9 Å². The Kier molecular flexibility index (Phi) is 5.30. The van der Waals surface area contributed by atoms with Crippen LogP contribution in [0.1, 0.15) is 16.8 Å². The highest BCUT2D eigenvalue weighted by Crippen LogP contribution is 2.30. The lowest BCUT2D eigenvalue weighted by Crippen LogP contribution is -2.37. The third kappa shape index (κ3) is 4.36. The number of halogens is 6. The second-order valence-corrected chi connectivity index (χ2v) is 7.01. The highest BCUT2D eigenvalue weighted by atomic mass is 19.4. The first-order valence-electron chi connectivity index (χ1n) is 9.27. The van der Waals surface area contributed by atoms with Crippen molar-refractivity contribution in [2.24, 2.45) is 0 Å². The number of fused-ring (bicyclic) bond motifs is 1. The van der Waals surface area contributed by atoms with Crippen molar-refractivity contribution in [3.8, 4) is 17.1 Å². The van der Waals surface area contributed by atoms with E-state index >= 15 is 0 Å². The quantitative estimate of drug-likeness (QED) is 0.429. The molecular weight excluding hydrogens is 454 g/mol. The van der Waals surface area contributed by atoms with E-state index in [4.69, 9.17) is 0 Å². The zero-order valence-electron chi connectivity index (χ0n) is 16.4. The molecule has 0 spiro atoms. The molecule has 33 heavy (non-hydrogen) atoms. The molecule has 0 fully saturated rings. The number of benzene rings is 1. The Labute approximate surface area is 180 Å². The summed E-state index contributed by atoms with van der Waals surface area (Å²) in [6.07, 6.45) is -6.80. The standard InChI is InChI=1S/C21H12F6N4O2/c22-20(23,24)13-3-1-4-14(9-13)31-18(32)15-5-2-8-30(17(15)29-19(31)33)11-12-6-7-16(28-10-12)21(25,26)27/h1-10H,11H2. The van der Waals surface area contributed by atoms with E-state index in [9.17, 15) is 35.9 Å². The van der Waals surface area contributed by atoms with Crippen LogP contribution in [0.5, 0.6) is 0 Å². The van der Waals surface area contributed by atoms with Gasteiger partial charge in [-0.3, -0.25) is 9.78 Å². The highest BCUT2D eigenvalue weighted by molar-refractivity contribution is 5.56. The molecule has 2 aliphatic rings. The van der Waals surface area contributed by atoms with Gasteiger partial charge in [-0.15, -0.1) is 0 Å². The molecule has 0 bridgehead atoms. The lowest BCUT2D eigenvalue weighted by molar-refractivity contribution is -0.141. The van der Waals surface area contributed by atoms with Gasteiger partial charge in [-0.1, -0.05) is 12.1 Å². The highest BCUT2D eigenvalue weighted by Gasteiger charge is 2.32. The SMILES string of the molecule is O=c1nc2n(Cc3ccc(C(F)(F)F)nc3)cccc-2c(=O)n1-c1cccc(C(F)(F)F)c1. The van der Waals surface area contributed by atoms with Crippen molar-refractivity contribution in [3.05, 3.63) is 98.6 Å². The van der Waals surface area contributed by atoms with Crippen molar-refractivity contribution in [1.82, 2.24) is 19.1 Å². The summed E-state index contributed by atoms with van der Waals surface area (Å²) in [5.74, 6) is -0.0735. The molecule has 0 saturated heterocycles. The van der Waals surface area contributed by atoms with E-state index in [-0.39, 0.29) is 23.6 Å². The number of aromatic nitrogens is 4. The Hall–Kier alpha value is -3.96. The van der Waals surface area contributed by atoms with E-state index in [1.165, 1.54) is 35.0 Å². The molecule has 1 aromatic heterocycles. The van der Waals surface area contributed by atoms with Gasteiger partial charge in [0, 0.05) is 12.4 Å². The molecular formula is C21H12F6N4O2. The van der Waals surface area contributed by atoms with Gasteiger partial charge in [0.25, 0.3) is 5.56 Å². The summed E-state index contributed by atoms with van der Waals surface area (Å²) in [7, 11) is 0. The molecule has 3 heterocycles. The Morgan fingerprint density at radius 1 is 0.879 bits per heavy atom. The average molecular weight is 466 g/mol. The molecule has 2 aromatic rings. The smallest absolute Gasteiger partial charge is 0.328 e. The maximum absolute atomic E-state index is 13.0. The van der Waals surface area contributed by atoms with Gasteiger partial charge in [-0.25, -0.2) is 9.36 Å². The van der Waals surface area contributed by atoms with Crippen LogP contribution in [0.2, 0.25) is 0 Å². The second kappa shape index (κ2) is 7.87. The van der Waals surface area contributed by atoms with E-state index in [1.54, 1.807) is 0 Å². The third-order valence-electron chi connectivity index (χ3n) is 4.77. The zero-order chi connectivity index (χ0) is 24.0. The molecule has 6 nitrogen and oxygen atoms in total. The second-order valence-electron chi connectivity index (χ2n) is 7.01. The van der Waals surface area contributed by atoms with Crippen LogP contribution >= 0.6 is 0 Å². The minimum Gasteiger partial charge on any atom is -0.328 e. The van der Waals surface area contributed by atoms with Crippen LogP contribution in [-0.4, -0.2) is 19.1 Å². The van der Waals surface area contributed by atoms with Gasteiger partial charge >= 0.3 is 18.0 Å². The summed E-state index contributed by atoms with van der Waals surface area (Å²) >= 11 is 0. The number of alkyl halides is 6. The number of rotatable bonds is 3. The fourth-order valence-corrected chi connectivity index (χ4v) is 3.24. The topological polar surface area (TPSA) is 69.8 Å². The van der Waals surface area contributed by atoms with E-state index in [0.717, 1.165) is 24.4 Å². The summed E-state index contributed by atoms with van der Waals surface area (Å²) in [6.45, 7) is -0.0536. The van der Waals surface area contributed by atoms with Gasteiger partial charge in [-0.05, 0) is 42.0 Å². The van der Waals surface area contributed by atoms with Crippen molar-refractivity contribution in [3.63, 3.8) is 0 Å². The average Bonchev–Trinajstić information content (AvgIpc) is 2.74. The van der Waals surface area contributed by atoms with E-state index < -0.39 is 34.9 Å². The predicted molar refractivity (Wildman–Crippen MR) is 104 cm³/mol. The number of pyridine rings is 2. The Bertz CT molecular complexity index is 1400. The molecule has 0 saturated carbocycles. The first-order valence-corrected chi connectivity index (χ1v) is 9.27. The molecule has 1 aromatic carbocycles. The Morgan fingerprint density at radius 3 is 2.27 bits per heavy atom. The molecule has 0 unspecified atom stereocenters. The van der Waals surface area contributed by atoms with Crippen LogP contribution in [0, 0.1) is 0 Å². The predicted octanol–water partition coefficient (Wildman–Crippen LogP) is 3.98. The van der Waals surface area contributed by atoms with Gasteiger partial charge in [0.1, 0.15) is 5.69 Å². The van der Waals surface area contributed by atoms with Gasteiger partial charge < -0.3 is 4.57 Å². The van der Waals surface area contributed by atoms with Crippen LogP contribution in [0.3, 0.4) is 0 Å². The monoisotopic (exact) mass is 466 g/mol. The van der Waals surface area contributed by atoms with Gasteiger partial charge in [0.15, 0.2) is 5.82 Å². The Morgan fingerprint density at radius 2 is 1.64 bits per heavy atom. The first-order chi connectivity index (χ1) is 15.4. The number of hydrogen-bond donors (Lipinski definition) is 0. The van der Waals surface area contributed by atoms with Gasteiger partial charge in [-0.2, -0.15) is 31.3 Å². The van der Waals surface area contributed by atoms with E-state index in [2.05, 4.69) is 9.97 Å². The van der Waals surface area contributed by atoms with E-state index in [1.807, 2.05) is 0 Å². The summed E-state index contributed by atoms with van der Waals surface area (Å²) in [6, 6.07) is 8.51. The lowest BCUT2D eigenvalue weighted by atomic mass is 10.1. The van der Waals surface area contributed by atoms with Crippen molar-refractivity contribution >= 4 is 0 Å². The molecule has 0 radical (unpaired) electrons. The first kappa shape index (κ1) is 22.2. The largest absolute Gasteiger partial charge is 0.433 e. The van der Waals surface area contributed by atoms with Crippen LogP contribution in [0.25, 0.3) is 17.1 Å². The molecule has 0 N–H and O–H groups in total. The lowest BCUT2D eigenvalue weighted by Gasteiger charge is -2.16. The van der Waals surface area contributed by atoms with E-state index in [0.29, 0.717) is 16.2 Å². The van der Waals surface area contributed by atoms with Crippen molar-refractivity contribution in [1.29, 1.82) is 0 Å². The van der Waals surface area contributed by atoms with Gasteiger partial charge in [0.2, 0.25) is 0 Å². The van der Waals surface area contributed by atoms with Crippen molar-refractivity contribution < 1.29 is 26.3 Å². The maximum Gasteiger partial charge on any atom is 0.433 e. The molecule has 2 aliphatic heterocycles. The molecule has 0 amide bonds. The fourth-order valence-electron chi connectivity index (χ4n) is 3.24. The number of hydrogen-bond acceptors (Lipinski definition) is 4. The van der Waals surface area contributed by atoms with Crippen LogP contribution in [0.4, 0.5) is 26.3 Å². The van der Waals surface area contributed by atoms with Crippen LogP contribution in [0.15, 0.2) is 70.5 Å². The van der Waals surface area contributed by atoms with Gasteiger partial charge in [0.05, 0.1) is 23.4 Å². The normalized spacial score (nSPS) is 12.3. The fraction of sp³-hybridized carbons (Fsp3) is 0.143. The summed E-state index contributed by atoms with van der Waals surface area (Å²) < 4.78 is 79.1. The van der Waals surface area contributed by atoms with Crippen molar-refractivity contribution in [2.75, 3.05) is 0 Å². The summed E-state index contributed by atoms with van der Waals surface area (Å²) in [5, 5.41) is 0. The molecule has 12 heteroatoms. The third-order valence-corrected chi connectivity index (χ3v) is 4.77. The minimum absolute atomic E-state index is 0.0536. The Balaban J connectivity index is 1.78. The number of nitrogens with zero attached hydrogens (tertiary/aromatic N) is 4. The molecule has 170 valence electrons. The van der Waals surface area contributed by atoms with Crippen LogP contribution in [-0.2, 0) is 18.9 Å². The maximum atomic E-state index is 13.0. The van der Waals surface area contributed by atoms with Crippen LogP contribution < -0.4 is 11.2 Å². The summed E-state index contributed by atoms with van der Waals surface area (Å²) in [5.41, 5.74) is -4.10. The molecule has 4 rings (SSSR count). The molecule has 0 aliphatic carbocycles. The molecule has 0 atom stereocenters. The zero-order valence-corrected chi connectivity index (χ0v) is 16.4.